The van der Waals surface area contributed by atoms with Crippen LogP contribution in [0, 0.1) is 0 Å². The summed E-state index contributed by atoms with van der Waals surface area (Å²) in [5.41, 5.74) is 3.86. The molecule has 0 spiro atoms. The molecule has 0 aliphatic carbocycles. The van der Waals surface area contributed by atoms with Gasteiger partial charge < -0.3 is 44.0 Å². The number of hydrogen-bond donors (Lipinski definition) is 4. The predicted molar refractivity (Wildman–Crippen MR) is 141 cm³/mol. The highest BCUT2D eigenvalue weighted by molar-refractivity contribution is 5.95. The first-order valence-corrected chi connectivity index (χ1v) is 12.5. The number of esters is 1. The van der Waals surface area contributed by atoms with Gasteiger partial charge in [-0.05, 0) is 37.6 Å². The van der Waals surface area contributed by atoms with E-state index in [1.165, 1.54) is 13.3 Å². The molecule has 1 aromatic heterocycles. The van der Waals surface area contributed by atoms with Gasteiger partial charge in [-0.1, -0.05) is 6.07 Å². The quantitative estimate of drug-likeness (QED) is 0.142. The smallest absolute Gasteiger partial charge is 0.337 e. The molecule has 4 N–H and O–H groups in total. The van der Waals surface area contributed by atoms with Crippen molar-refractivity contribution < 1.29 is 38.1 Å². The Kier molecular flexibility index (Phi) is 9.28. The monoisotopic (exact) mass is 543 g/mol. The maximum Gasteiger partial charge on any atom is 0.337 e. The number of methoxy groups -OCH3 is 1. The molecule has 13 heteroatoms. The molecule has 0 unspecified atom stereocenters. The van der Waals surface area contributed by atoms with E-state index in [-0.39, 0.29) is 12.2 Å². The maximum atomic E-state index is 12.4. The third kappa shape index (κ3) is 7.00. The summed E-state index contributed by atoms with van der Waals surface area (Å²) in [7, 11) is 1.28. The van der Waals surface area contributed by atoms with Crippen LogP contribution in [0.25, 0.3) is 0 Å². The molecule has 1 fully saturated rings. The zero-order chi connectivity index (χ0) is 27.8. The first-order valence-electron chi connectivity index (χ1n) is 12.5. The van der Waals surface area contributed by atoms with Gasteiger partial charge in [-0.3, -0.25) is 5.43 Å². The number of hydrogen-bond acceptors (Lipinski definition) is 11. The number of nitrogens with zero attached hydrogens (tertiary/aromatic N) is 2. The molecule has 0 saturated carbocycles. The summed E-state index contributed by atoms with van der Waals surface area (Å²) >= 11 is 0. The first kappa shape index (κ1) is 27.8. The fourth-order valence-corrected chi connectivity index (χ4v) is 4.17. The second-order valence-corrected chi connectivity index (χ2v) is 8.69. The molecule has 0 bridgehead atoms. The summed E-state index contributed by atoms with van der Waals surface area (Å²) in [6, 6.07) is 7.49. The fraction of sp³-hybridized carbons (Fsp3) is 0.423. The van der Waals surface area contributed by atoms with Gasteiger partial charge in [-0.15, -0.1) is 0 Å². The van der Waals surface area contributed by atoms with Gasteiger partial charge in [-0.2, -0.15) is 5.10 Å². The summed E-state index contributed by atoms with van der Waals surface area (Å²) in [6.45, 7) is 6.50. The molecule has 2 amide bonds. The van der Waals surface area contributed by atoms with Crippen LogP contribution in [-0.2, 0) is 14.3 Å². The number of morpholine rings is 1. The molecule has 13 nitrogen and oxygen atoms in total. The summed E-state index contributed by atoms with van der Waals surface area (Å²) < 4.78 is 27.5. The molecule has 210 valence electrons. The van der Waals surface area contributed by atoms with Crippen molar-refractivity contribution in [3.05, 3.63) is 52.9 Å². The van der Waals surface area contributed by atoms with E-state index in [0.29, 0.717) is 48.3 Å². The second kappa shape index (κ2) is 13.0. The number of aliphatic hydroxyl groups excluding tert-OH is 1. The van der Waals surface area contributed by atoms with Gasteiger partial charge in [-0.25, -0.2) is 9.59 Å². The molecule has 2 aromatic rings. The van der Waals surface area contributed by atoms with E-state index in [9.17, 15) is 14.7 Å². The van der Waals surface area contributed by atoms with E-state index < -0.39 is 24.3 Å². The van der Waals surface area contributed by atoms with Crippen LogP contribution in [0.2, 0.25) is 0 Å². The number of allylic oxidation sites excluding steroid dienone is 1. The number of carbonyl (C=O) groups excluding carboxylic acids is 2. The minimum absolute atomic E-state index is 0.134. The molecule has 1 saturated heterocycles. The molecule has 3 heterocycles. The van der Waals surface area contributed by atoms with Gasteiger partial charge in [0.05, 0.1) is 44.8 Å². The number of benzene rings is 1. The van der Waals surface area contributed by atoms with Gasteiger partial charge in [0, 0.05) is 24.9 Å². The molecule has 2 atom stereocenters. The minimum Gasteiger partial charge on any atom is -0.490 e. The van der Waals surface area contributed by atoms with Crippen LogP contribution in [0.4, 0.5) is 10.7 Å². The minimum atomic E-state index is -1.12. The number of aliphatic hydroxyl groups is 1. The van der Waals surface area contributed by atoms with Gasteiger partial charge in [0.15, 0.2) is 23.6 Å². The van der Waals surface area contributed by atoms with Crippen molar-refractivity contribution in [1.29, 1.82) is 0 Å². The van der Waals surface area contributed by atoms with Crippen molar-refractivity contribution in [3.63, 3.8) is 0 Å². The summed E-state index contributed by atoms with van der Waals surface area (Å²) in [6.07, 6.45) is 0.347. The number of furan rings is 1. The van der Waals surface area contributed by atoms with Gasteiger partial charge in [0.1, 0.15) is 12.4 Å². The Hall–Kier alpha value is -4.23. The highest BCUT2D eigenvalue weighted by Gasteiger charge is 2.32. The zero-order valence-electron chi connectivity index (χ0n) is 22.1. The normalized spacial score (nSPS) is 18.4. The molecule has 2 aliphatic heterocycles. The Bertz CT molecular complexity index is 1220. The van der Waals surface area contributed by atoms with E-state index in [4.69, 9.17) is 23.4 Å². The summed E-state index contributed by atoms with van der Waals surface area (Å²) in [4.78, 5) is 26.6. The van der Waals surface area contributed by atoms with E-state index in [0.717, 1.165) is 19.0 Å². The number of carbonyl (C=O) groups is 2. The summed E-state index contributed by atoms with van der Waals surface area (Å²) in [5, 5.41) is 19.7. The van der Waals surface area contributed by atoms with Crippen molar-refractivity contribution in [2.45, 2.75) is 26.1 Å². The number of rotatable bonds is 11. The topological polar surface area (TPSA) is 156 Å². The Morgan fingerprint density at radius 3 is 2.79 bits per heavy atom. The Morgan fingerprint density at radius 2 is 2.05 bits per heavy atom. The van der Waals surface area contributed by atoms with Crippen LogP contribution in [0.1, 0.15) is 31.2 Å². The molecule has 1 aromatic carbocycles. The van der Waals surface area contributed by atoms with E-state index in [1.807, 2.05) is 13.0 Å². The maximum absolute atomic E-state index is 12.4. The predicted octanol–water partition coefficient (Wildman–Crippen LogP) is 1.64. The largest absolute Gasteiger partial charge is 0.490 e. The lowest BCUT2D eigenvalue weighted by atomic mass is 9.95. The average molecular weight is 544 g/mol. The molecule has 4 rings (SSSR count). The highest BCUT2D eigenvalue weighted by atomic mass is 16.5. The molecule has 0 radical (unpaired) electrons. The number of amides is 2. The fourth-order valence-electron chi connectivity index (χ4n) is 4.17. The number of nitrogens with one attached hydrogen (secondary N) is 3. The van der Waals surface area contributed by atoms with Gasteiger partial charge in [0.25, 0.3) is 0 Å². The standard InChI is InChI=1S/C26H33N5O8/c1-4-37-20-13-17(24-23(25(33)35-3)16(2)28-26(34)29-24)5-7-19(20)38-15-21(32)30-27-14-18-6-8-22(39-18)31-9-11-36-12-10-31/h5-8,13-14,21,24,30,32H,4,9-12,15H2,1-3H3,(H2,28,29,34)/b27-14-/t21-,24+/m1/s1. The third-order valence-electron chi connectivity index (χ3n) is 6.02. The van der Waals surface area contributed by atoms with Crippen molar-refractivity contribution in [2.24, 2.45) is 5.10 Å². The van der Waals surface area contributed by atoms with Crippen LogP contribution in [0.3, 0.4) is 0 Å². The van der Waals surface area contributed by atoms with Crippen LogP contribution < -0.4 is 30.4 Å². The molecular weight excluding hydrogens is 510 g/mol. The molecule has 39 heavy (non-hydrogen) atoms. The lowest BCUT2D eigenvalue weighted by molar-refractivity contribution is -0.136. The van der Waals surface area contributed by atoms with E-state index >= 15 is 0 Å². The Labute approximate surface area is 225 Å². The molecule has 2 aliphatic rings. The van der Waals surface area contributed by atoms with Crippen molar-refractivity contribution in [1.82, 2.24) is 16.1 Å². The first-order chi connectivity index (χ1) is 18.9. The Morgan fingerprint density at radius 1 is 1.26 bits per heavy atom. The number of urea groups is 1. The second-order valence-electron chi connectivity index (χ2n) is 8.69. The van der Waals surface area contributed by atoms with Crippen LogP contribution >= 0.6 is 0 Å². The van der Waals surface area contributed by atoms with E-state index in [2.05, 4.69) is 26.1 Å². The van der Waals surface area contributed by atoms with Crippen molar-refractivity contribution in [2.75, 3.05) is 51.5 Å². The van der Waals surface area contributed by atoms with Crippen LogP contribution in [0.5, 0.6) is 11.5 Å². The van der Waals surface area contributed by atoms with E-state index in [1.54, 1.807) is 31.2 Å². The molecular formula is C26H33N5O8. The Balaban J connectivity index is 1.37. The summed E-state index contributed by atoms with van der Waals surface area (Å²) in [5.74, 6) is 1.46. The van der Waals surface area contributed by atoms with Crippen LogP contribution in [0.15, 0.2) is 51.1 Å². The highest BCUT2D eigenvalue weighted by Crippen LogP contribution is 2.35. The SMILES string of the molecule is CCOc1cc([C@@H]2NC(=O)NC(C)=C2C(=O)OC)ccc1OC[C@@H](O)N/N=C\c1ccc(N2CCOCC2)o1. The number of hydrazone groups is 1. The van der Waals surface area contributed by atoms with Gasteiger partial charge in [0.2, 0.25) is 0 Å². The number of anilines is 1. The average Bonchev–Trinajstić information content (AvgIpc) is 3.41. The van der Waals surface area contributed by atoms with Crippen molar-refractivity contribution >= 4 is 24.1 Å². The number of ether oxygens (including phenoxy) is 4. The van der Waals surface area contributed by atoms with Crippen molar-refractivity contribution in [3.8, 4) is 11.5 Å². The lowest BCUT2D eigenvalue weighted by Gasteiger charge is -2.28. The lowest BCUT2D eigenvalue weighted by Crippen LogP contribution is -2.45. The third-order valence-corrected chi connectivity index (χ3v) is 6.02. The zero-order valence-corrected chi connectivity index (χ0v) is 22.1. The van der Waals surface area contributed by atoms with Gasteiger partial charge >= 0.3 is 12.0 Å². The van der Waals surface area contributed by atoms with Crippen LogP contribution in [-0.4, -0.2) is 76.2 Å².